The maximum atomic E-state index is 12.8. The molecule has 0 fully saturated rings. The van der Waals surface area contributed by atoms with Gasteiger partial charge in [0.1, 0.15) is 17.0 Å². The fourth-order valence-corrected chi connectivity index (χ4v) is 3.33. The Hall–Kier alpha value is -4.14. The lowest BCUT2D eigenvalue weighted by Gasteiger charge is -2.10. The zero-order valence-electron chi connectivity index (χ0n) is 17.5. The van der Waals surface area contributed by atoms with E-state index in [1.807, 2.05) is 32.0 Å². The monoisotopic (exact) mass is 419 g/mol. The minimum Gasteiger partial charge on any atom is -0.497 e. The van der Waals surface area contributed by atoms with Crippen LogP contribution in [0.25, 0.3) is 28.2 Å². The van der Waals surface area contributed by atoms with Gasteiger partial charge >= 0.3 is 5.69 Å². The number of imidazole rings is 1. The van der Waals surface area contributed by atoms with Crippen LogP contribution in [0.15, 0.2) is 41.2 Å². The molecule has 2 heterocycles. The van der Waals surface area contributed by atoms with E-state index in [1.165, 1.54) is 18.8 Å². The molecule has 4 rings (SSSR count). The number of aryl methyl sites for hydroxylation is 2. The molecule has 0 bridgehead atoms. The molecule has 1 amide bonds. The van der Waals surface area contributed by atoms with Gasteiger partial charge in [0.25, 0.3) is 5.91 Å². The van der Waals surface area contributed by atoms with Crippen molar-refractivity contribution in [3.63, 3.8) is 0 Å². The average molecular weight is 419 g/mol. The van der Waals surface area contributed by atoms with Crippen LogP contribution in [0.1, 0.15) is 21.6 Å². The molecule has 2 aromatic heterocycles. The van der Waals surface area contributed by atoms with Gasteiger partial charge in [0.05, 0.1) is 19.9 Å². The number of hydrogen-bond donors (Lipinski definition) is 2. The Morgan fingerprint density at radius 2 is 1.68 bits per heavy atom. The Kier molecular flexibility index (Phi) is 4.94. The highest BCUT2D eigenvalue weighted by Gasteiger charge is 2.21. The number of nitrogens with two attached hydrogens (primary N) is 1. The molecule has 0 aliphatic rings. The van der Waals surface area contributed by atoms with Gasteiger partial charge in [-0.25, -0.2) is 19.3 Å². The Labute approximate surface area is 177 Å². The number of primary amides is 1. The van der Waals surface area contributed by atoms with Gasteiger partial charge in [0.2, 0.25) is 0 Å². The Morgan fingerprint density at radius 3 is 2.26 bits per heavy atom. The van der Waals surface area contributed by atoms with E-state index in [0.29, 0.717) is 22.7 Å². The Morgan fingerprint density at radius 1 is 1.00 bits per heavy atom. The molecule has 158 valence electrons. The molecule has 2 aromatic carbocycles. The third-order valence-electron chi connectivity index (χ3n) is 5.13. The normalized spacial score (nSPS) is 11.0. The second-order valence-electron chi connectivity index (χ2n) is 7.09. The first-order valence-corrected chi connectivity index (χ1v) is 9.46. The van der Waals surface area contributed by atoms with Gasteiger partial charge in [-0.2, -0.15) is 0 Å². The molecule has 0 unspecified atom stereocenters. The van der Waals surface area contributed by atoms with Crippen LogP contribution in [0.2, 0.25) is 0 Å². The minimum atomic E-state index is -0.781. The molecular formula is C22H21N5O4. The molecule has 0 atom stereocenters. The number of ether oxygens (including phenoxy) is 2. The van der Waals surface area contributed by atoms with Gasteiger partial charge in [-0.05, 0) is 49.2 Å². The smallest absolute Gasteiger partial charge is 0.332 e. The first kappa shape index (κ1) is 20.1. The van der Waals surface area contributed by atoms with Crippen molar-refractivity contribution in [2.75, 3.05) is 14.2 Å². The van der Waals surface area contributed by atoms with Crippen molar-refractivity contribution >= 4 is 17.1 Å². The van der Waals surface area contributed by atoms with Crippen molar-refractivity contribution in [2.45, 2.75) is 13.8 Å². The number of nitrogens with one attached hydrogen (secondary N) is 1. The average Bonchev–Trinajstić information content (AvgIpc) is 3.10. The van der Waals surface area contributed by atoms with E-state index in [2.05, 4.69) is 15.0 Å². The highest BCUT2D eigenvalue weighted by Crippen LogP contribution is 2.29. The first-order chi connectivity index (χ1) is 14.8. The quantitative estimate of drug-likeness (QED) is 0.512. The highest BCUT2D eigenvalue weighted by molar-refractivity contribution is 6.02. The summed E-state index contributed by atoms with van der Waals surface area (Å²) in [4.78, 5) is 36.5. The van der Waals surface area contributed by atoms with Crippen molar-refractivity contribution in [1.29, 1.82) is 0 Å². The number of fused-ring (bicyclic) bond motifs is 1. The largest absolute Gasteiger partial charge is 0.497 e. The topological polar surface area (TPSA) is 125 Å². The summed E-state index contributed by atoms with van der Waals surface area (Å²) in [6.07, 6.45) is 0. The number of carbonyl (C=O) groups is 1. The molecule has 0 saturated heterocycles. The molecule has 0 aliphatic carbocycles. The van der Waals surface area contributed by atoms with Crippen LogP contribution < -0.4 is 20.9 Å². The summed E-state index contributed by atoms with van der Waals surface area (Å²) < 4.78 is 12.0. The SMILES string of the molecule is COc1cc(OC)cc(-c2nc(C(N)=O)c3[nH]c(=O)n(-c4ccc(C)c(C)c4)c3n2)c1. The summed E-state index contributed by atoms with van der Waals surface area (Å²) in [5.41, 5.74) is 8.72. The molecule has 31 heavy (non-hydrogen) atoms. The number of benzene rings is 2. The van der Waals surface area contributed by atoms with Crippen LogP contribution in [0.5, 0.6) is 11.5 Å². The lowest BCUT2D eigenvalue weighted by atomic mass is 10.1. The van der Waals surface area contributed by atoms with E-state index < -0.39 is 11.6 Å². The summed E-state index contributed by atoms with van der Waals surface area (Å²) in [5, 5.41) is 0. The standard InChI is InChI=1S/C22H21N5O4/c1-11-5-6-14(7-12(11)2)27-21-18(25-22(27)29)17(19(23)28)24-20(26-21)13-8-15(30-3)10-16(9-13)31-4/h5-10H,1-4H3,(H2,23,28)(H,25,29). The summed E-state index contributed by atoms with van der Waals surface area (Å²) >= 11 is 0. The molecule has 3 N–H and O–H groups in total. The van der Waals surface area contributed by atoms with Crippen molar-refractivity contribution in [1.82, 2.24) is 19.5 Å². The molecule has 0 saturated carbocycles. The van der Waals surface area contributed by atoms with Gasteiger partial charge < -0.3 is 20.2 Å². The third kappa shape index (κ3) is 3.50. The Balaban J connectivity index is 2.04. The van der Waals surface area contributed by atoms with Crippen LogP contribution >= 0.6 is 0 Å². The number of rotatable bonds is 5. The van der Waals surface area contributed by atoms with Crippen molar-refractivity contribution in [3.05, 3.63) is 63.7 Å². The third-order valence-corrected chi connectivity index (χ3v) is 5.13. The number of amides is 1. The number of aromatic amines is 1. The number of methoxy groups -OCH3 is 2. The van der Waals surface area contributed by atoms with Crippen LogP contribution in [-0.4, -0.2) is 39.6 Å². The molecule has 9 nitrogen and oxygen atoms in total. The fourth-order valence-electron chi connectivity index (χ4n) is 3.33. The first-order valence-electron chi connectivity index (χ1n) is 9.46. The summed E-state index contributed by atoms with van der Waals surface area (Å²) in [5.74, 6) is 0.477. The summed E-state index contributed by atoms with van der Waals surface area (Å²) in [6.45, 7) is 3.94. The second-order valence-corrected chi connectivity index (χ2v) is 7.09. The predicted octanol–water partition coefficient (Wildman–Crippen LogP) is 2.51. The van der Waals surface area contributed by atoms with E-state index in [-0.39, 0.29) is 22.7 Å². The van der Waals surface area contributed by atoms with Crippen LogP contribution in [0.3, 0.4) is 0 Å². The molecule has 0 radical (unpaired) electrons. The number of aromatic nitrogens is 4. The van der Waals surface area contributed by atoms with E-state index in [9.17, 15) is 9.59 Å². The van der Waals surface area contributed by atoms with Gasteiger partial charge in [-0.1, -0.05) is 6.07 Å². The van der Waals surface area contributed by atoms with E-state index in [4.69, 9.17) is 15.2 Å². The molecule has 0 spiro atoms. The van der Waals surface area contributed by atoms with Crippen molar-refractivity contribution < 1.29 is 14.3 Å². The maximum absolute atomic E-state index is 12.8. The number of nitrogens with zero attached hydrogens (tertiary/aromatic N) is 3. The Bertz CT molecular complexity index is 1360. The number of H-pyrrole nitrogens is 1. The second kappa shape index (κ2) is 7.60. The summed E-state index contributed by atoms with van der Waals surface area (Å²) in [7, 11) is 3.06. The lowest BCUT2D eigenvalue weighted by Crippen LogP contribution is -2.15. The van der Waals surface area contributed by atoms with Crippen molar-refractivity contribution in [3.8, 4) is 28.6 Å². The van der Waals surface area contributed by atoms with E-state index in [0.717, 1.165) is 11.1 Å². The van der Waals surface area contributed by atoms with Crippen LogP contribution in [0, 0.1) is 13.8 Å². The molecule has 4 aromatic rings. The van der Waals surface area contributed by atoms with E-state index >= 15 is 0 Å². The molecule has 9 heteroatoms. The highest BCUT2D eigenvalue weighted by atomic mass is 16.5. The van der Waals surface area contributed by atoms with Crippen LogP contribution in [-0.2, 0) is 0 Å². The van der Waals surface area contributed by atoms with Gasteiger partial charge in [0, 0.05) is 11.6 Å². The van der Waals surface area contributed by atoms with Crippen LogP contribution in [0.4, 0.5) is 0 Å². The number of hydrogen-bond acceptors (Lipinski definition) is 6. The predicted molar refractivity (Wildman–Crippen MR) is 116 cm³/mol. The van der Waals surface area contributed by atoms with Gasteiger partial charge in [-0.3, -0.25) is 4.79 Å². The summed E-state index contributed by atoms with van der Waals surface area (Å²) in [6, 6.07) is 10.7. The number of carbonyl (C=O) groups excluding carboxylic acids is 1. The van der Waals surface area contributed by atoms with E-state index in [1.54, 1.807) is 18.2 Å². The van der Waals surface area contributed by atoms with Gasteiger partial charge in [0.15, 0.2) is 17.2 Å². The van der Waals surface area contributed by atoms with Gasteiger partial charge in [-0.15, -0.1) is 0 Å². The minimum absolute atomic E-state index is 0.0820. The fraction of sp³-hybridized carbons (Fsp3) is 0.182. The lowest BCUT2D eigenvalue weighted by molar-refractivity contribution is 0.0997. The van der Waals surface area contributed by atoms with Crippen molar-refractivity contribution in [2.24, 2.45) is 5.73 Å². The molecule has 0 aliphatic heterocycles. The zero-order valence-corrected chi connectivity index (χ0v) is 17.5. The zero-order chi connectivity index (χ0) is 22.3. The maximum Gasteiger partial charge on any atom is 0.332 e. The molecular weight excluding hydrogens is 398 g/mol.